The lowest BCUT2D eigenvalue weighted by Crippen LogP contribution is -2.06. The third-order valence-electron chi connectivity index (χ3n) is 2.89. The first kappa shape index (κ1) is 13.7. The summed E-state index contributed by atoms with van der Waals surface area (Å²) in [6.45, 7) is 5.75. The average Bonchev–Trinajstić information content (AvgIpc) is 2.46. The molecule has 98 valence electrons. The number of aliphatic hydroxyl groups is 1. The van der Waals surface area contributed by atoms with Gasteiger partial charge in [0.05, 0.1) is 10.8 Å². The second-order valence-electron chi connectivity index (χ2n) is 4.36. The highest BCUT2D eigenvalue weighted by atomic mass is 32.2. The molecule has 0 bridgehead atoms. The van der Waals surface area contributed by atoms with Gasteiger partial charge in [-0.15, -0.1) is 0 Å². The Morgan fingerprint density at radius 1 is 1.11 bits per heavy atom. The first-order valence-electron chi connectivity index (χ1n) is 6.00. The van der Waals surface area contributed by atoms with Gasteiger partial charge in [-0.2, -0.15) is 0 Å². The van der Waals surface area contributed by atoms with Crippen molar-refractivity contribution in [3.8, 4) is 0 Å². The summed E-state index contributed by atoms with van der Waals surface area (Å²) in [4.78, 5) is 0.959. The molecule has 0 aliphatic heterocycles. The van der Waals surface area contributed by atoms with Gasteiger partial charge in [-0.25, -0.2) is 4.21 Å². The zero-order valence-corrected chi connectivity index (χ0v) is 11.6. The predicted octanol–water partition coefficient (Wildman–Crippen LogP) is 3.35. The van der Waals surface area contributed by atoms with Gasteiger partial charge in [0, 0.05) is 9.80 Å². The molecule has 0 spiro atoms. The molecule has 0 saturated carbocycles. The number of hydrogen-bond donors (Lipinski definition) is 1. The summed E-state index contributed by atoms with van der Waals surface area (Å²) in [5, 5.41) is 10.2. The molecule has 0 aromatic heterocycles. The van der Waals surface area contributed by atoms with E-state index in [9.17, 15) is 9.32 Å². The average molecular weight is 272 g/mol. The van der Waals surface area contributed by atoms with E-state index < -0.39 is 16.9 Å². The lowest BCUT2D eigenvalue weighted by Gasteiger charge is -2.13. The topological polar surface area (TPSA) is 37.3 Å². The van der Waals surface area contributed by atoms with E-state index in [2.05, 4.69) is 6.58 Å². The highest BCUT2D eigenvalue weighted by Gasteiger charge is 2.18. The zero-order chi connectivity index (χ0) is 13.8. The smallest absolute Gasteiger partial charge is 0.112 e. The van der Waals surface area contributed by atoms with Crippen LogP contribution in [0.1, 0.15) is 17.2 Å². The molecule has 3 heteroatoms. The molecule has 0 aliphatic rings. The minimum absolute atomic E-state index is 0.301. The van der Waals surface area contributed by atoms with Gasteiger partial charge in [-0.3, -0.25) is 0 Å². The normalized spacial score (nSPS) is 13.8. The molecule has 2 nitrogen and oxygen atoms in total. The van der Waals surface area contributed by atoms with Crippen molar-refractivity contribution in [1.29, 1.82) is 0 Å². The van der Waals surface area contributed by atoms with E-state index in [0.29, 0.717) is 15.4 Å². The molecule has 0 aliphatic carbocycles. The fourth-order valence-corrected chi connectivity index (χ4v) is 2.76. The quantitative estimate of drug-likeness (QED) is 0.926. The van der Waals surface area contributed by atoms with E-state index in [1.807, 2.05) is 37.3 Å². The van der Waals surface area contributed by atoms with E-state index in [0.717, 1.165) is 5.56 Å². The van der Waals surface area contributed by atoms with Gasteiger partial charge >= 0.3 is 0 Å². The van der Waals surface area contributed by atoms with Gasteiger partial charge < -0.3 is 5.11 Å². The third kappa shape index (κ3) is 3.19. The molecule has 2 atom stereocenters. The number of aryl methyl sites for hydroxylation is 1. The Labute approximate surface area is 115 Å². The molecule has 19 heavy (non-hydrogen) atoms. The first-order valence-corrected chi connectivity index (χ1v) is 7.15. The largest absolute Gasteiger partial charge is 0.383 e. The summed E-state index contributed by atoms with van der Waals surface area (Å²) in [6.07, 6.45) is -0.914. The summed E-state index contributed by atoms with van der Waals surface area (Å²) in [5.41, 5.74) is 1.81. The Bertz CT molecular complexity index is 588. The summed E-state index contributed by atoms with van der Waals surface area (Å²) in [7, 11) is -1.41. The van der Waals surface area contributed by atoms with E-state index >= 15 is 0 Å². The molecule has 1 unspecified atom stereocenters. The van der Waals surface area contributed by atoms with E-state index in [1.165, 1.54) is 0 Å². The highest BCUT2D eigenvalue weighted by Crippen LogP contribution is 2.26. The minimum atomic E-state index is -1.41. The molecule has 2 aromatic rings. The lowest BCUT2D eigenvalue weighted by molar-refractivity contribution is 0.224. The number of benzene rings is 2. The molecule has 0 heterocycles. The minimum Gasteiger partial charge on any atom is -0.383 e. The van der Waals surface area contributed by atoms with Crippen LogP contribution in [-0.4, -0.2) is 9.32 Å². The van der Waals surface area contributed by atoms with Gasteiger partial charge in [0.25, 0.3) is 0 Å². The Kier molecular flexibility index (Phi) is 4.30. The van der Waals surface area contributed by atoms with Crippen LogP contribution in [0.4, 0.5) is 0 Å². The van der Waals surface area contributed by atoms with Crippen molar-refractivity contribution < 1.29 is 9.32 Å². The van der Waals surface area contributed by atoms with Gasteiger partial charge in [0.15, 0.2) is 0 Å². The van der Waals surface area contributed by atoms with Crippen molar-refractivity contribution >= 4 is 10.8 Å². The van der Waals surface area contributed by atoms with Crippen LogP contribution in [0.25, 0.3) is 0 Å². The third-order valence-corrected chi connectivity index (χ3v) is 4.29. The molecule has 0 fully saturated rings. The predicted molar refractivity (Wildman–Crippen MR) is 78.1 cm³/mol. The summed E-state index contributed by atoms with van der Waals surface area (Å²) >= 11 is 0. The van der Waals surface area contributed by atoms with Crippen LogP contribution in [0.3, 0.4) is 0 Å². The standard InChI is InChI=1S/C16H16O2S/c1-12-8-10-15(11-9-12)19(18)13(2)16(17)14-6-4-3-5-7-14/h3-11,16-17H,2H2,1H3/t16-,19?/m1/s1. The molecule has 0 radical (unpaired) electrons. The van der Waals surface area contributed by atoms with Crippen LogP contribution in [0.5, 0.6) is 0 Å². The highest BCUT2D eigenvalue weighted by molar-refractivity contribution is 7.89. The number of aliphatic hydroxyl groups excluding tert-OH is 1. The van der Waals surface area contributed by atoms with Crippen LogP contribution in [0.15, 0.2) is 71.0 Å². The Morgan fingerprint density at radius 2 is 1.68 bits per heavy atom. The van der Waals surface area contributed by atoms with Gasteiger partial charge in [0.2, 0.25) is 0 Å². The second kappa shape index (κ2) is 5.95. The van der Waals surface area contributed by atoms with Crippen molar-refractivity contribution in [1.82, 2.24) is 0 Å². The van der Waals surface area contributed by atoms with Crippen molar-refractivity contribution in [2.24, 2.45) is 0 Å². The first-order chi connectivity index (χ1) is 9.09. The molecular formula is C16H16O2S. The second-order valence-corrected chi connectivity index (χ2v) is 5.89. The van der Waals surface area contributed by atoms with Crippen LogP contribution >= 0.6 is 0 Å². The maximum Gasteiger partial charge on any atom is 0.112 e. The molecule has 0 amide bonds. The van der Waals surface area contributed by atoms with Crippen LogP contribution in [0.2, 0.25) is 0 Å². The van der Waals surface area contributed by atoms with Crippen molar-refractivity contribution in [2.75, 3.05) is 0 Å². The summed E-state index contributed by atoms with van der Waals surface area (Å²) in [6, 6.07) is 16.5. The van der Waals surface area contributed by atoms with Gasteiger partial charge in [-0.1, -0.05) is 54.6 Å². The van der Waals surface area contributed by atoms with E-state index in [1.54, 1.807) is 24.3 Å². The maximum absolute atomic E-state index is 12.3. The lowest BCUT2D eigenvalue weighted by atomic mass is 10.1. The Morgan fingerprint density at radius 3 is 2.26 bits per heavy atom. The Balaban J connectivity index is 2.20. The monoisotopic (exact) mass is 272 g/mol. The zero-order valence-electron chi connectivity index (χ0n) is 10.7. The number of rotatable bonds is 4. The van der Waals surface area contributed by atoms with Gasteiger partial charge in [0.1, 0.15) is 6.10 Å². The number of hydrogen-bond acceptors (Lipinski definition) is 2. The molecule has 2 aromatic carbocycles. The molecule has 1 N–H and O–H groups in total. The fourth-order valence-electron chi connectivity index (χ4n) is 1.74. The van der Waals surface area contributed by atoms with Crippen molar-refractivity contribution in [3.63, 3.8) is 0 Å². The van der Waals surface area contributed by atoms with E-state index in [4.69, 9.17) is 0 Å². The molecular weight excluding hydrogens is 256 g/mol. The van der Waals surface area contributed by atoms with Crippen LogP contribution < -0.4 is 0 Å². The van der Waals surface area contributed by atoms with Crippen LogP contribution in [0, 0.1) is 6.92 Å². The van der Waals surface area contributed by atoms with E-state index in [-0.39, 0.29) is 0 Å². The molecule has 2 rings (SSSR count). The summed E-state index contributed by atoms with van der Waals surface area (Å²) < 4.78 is 12.3. The van der Waals surface area contributed by atoms with Crippen LogP contribution in [-0.2, 0) is 10.8 Å². The van der Waals surface area contributed by atoms with Crippen molar-refractivity contribution in [2.45, 2.75) is 17.9 Å². The molecule has 0 saturated heterocycles. The maximum atomic E-state index is 12.3. The van der Waals surface area contributed by atoms with Crippen molar-refractivity contribution in [3.05, 3.63) is 77.2 Å². The Hall–Kier alpha value is -1.71. The summed E-state index contributed by atoms with van der Waals surface area (Å²) in [5.74, 6) is 0. The fraction of sp³-hybridized carbons (Fsp3) is 0.125. The SMILES string of the molecule is C=C([C@@H](O)c1ccccc1)S(=O)c1ccc(C)cc1. The van der Waals surface area contributed by atoms with Gasteiger partial charge in [-0.05, 0) is 24.6 Å².